The smallest absolute Gasteiger partial charge is 0.227 e. The van der Waals surface area contributed by atoms with E-state index in [0.29, 0.717) is 5.76 Å². The van der Waals surface area contributed by atoms with Crippen LogP contribution in [0.2, 0.25) is 0 Å². The van der Waals surface area contributed by atoms with Crippen molar-refractivity contribution in [2.24, 2.45) is 0 Å². The predicted octanol–water partition coefficient (Wildman–Crippen LogP) is 3.06. The number of ether oxygens (including phenoxy) is 1. The van der Waals surface area contributed by atoms with Gasteiger partial charge >= 0.3 is 0 Å². The molecular weight excluding hydrogens is 280 g/mol. The minimum Gasteiger partial charge on any atom is -0.496 e. The van der Waals surface area contributed by atoms with Crippen molar-refractivity contribution in [3.05, 3.63) is 46.8 Å². The summed E-state index contributed by atoms with van der Waals surface area (Å²) in [6.45, 7) is 5.66. The van der Waals surface area contributed by atoms with E-state index in [0.717, 1.165) is 22.6 Å². The van der Waals surface area contributed by atoms with Crippen molar-refractivity contribution < 1.29 is 14.1 Å². The van der Waals surface area contributed by atoms with E-state index in [1.165, 1.54) is 0 Å². The normalized spacial score (nSPS) is 12.0. The summed E-state index contributed by atoms with van der Waals surface area (Å²) in [6, 6.07) is 7.66. The van der Waals surface area contributed by atoms with Crippen LogP contribution in [0.4, 0.5) is 0 Å². The number of hydrogen-bond donors (Lipinski definition) is 0. The van der Waals surface area contributed by atoms with Crippen LogP contribution in [-0.4, -0.2) is 30.1 Å². The molecule has 22 heavy (non-hydrogen) atoms. The van der Waals surface area contributed by atoms with Crippen LogP contribution in [0.25, 0.3) is 0 Å². The van der Waals surface area contributed by atoms with Gasteiger partial charge in [-0.1, -0.05) is 23.4 Å². The monoisotopic (exact) mass is 302 g/mol. The number of methoxy groups -OCH3 is 1. The second-order valence-electron chi connectivity index (χ2n) is 5.40. The van der Waals surface area contributed by atoms with Gasteiger partial charge in [-0.2, -0.15) is 0 Å². The number of carbonyl (C=O) groups excluding carboxylic acids is 1. The van der Waals surface area contributed by atoms with Crippen LogP contribution in [0.1, 0.15) is 35.5 Å². The molecule has 0 aliphatic heterocycles. The van der Waals surface area contributed by atoms with Crippen LogP contribution in [0.3, 0.4) is 0 Å². The van der Waals surface area contributed by atoms with Crippen molar-refractivity contribution in [2.75, 3.05) is 14.2 Å². The Kier molecular flexibility index (Phi) is 4.85. The quantitative estimate of drug-likeness (QED) is 0.852. The molecule has 0 fully saturated rings. The lowest BCUT2D eigenvalue weighted by molar-refractivity contribution is -0.131. The van der Waals surface area contributed by atoms with Crippen LogP contribution in [0.15, 0.2) is 28.8 Å². The van der Waals surface area contributed by atoms with Crippen LogP contribution in [-0.2, 0) is 11.2 Å². The number of amides is 1. The Morgan fingerprint density at radius 3 is 2.64 bits per heavy atom. The van der Waals surface area contributed by atoms with Gasteiger partial charge in [0.1, 0.15) is 11.5 Å². The topological polar surface area (TPSA) is 55.6 Å². The van der Waals surface area contributed by atoms with Gasteiger partial charge in [0.25, 0.3) is 0 Å². The van der Waals surface area contributed by atoms with Gasteiger partial charge in [0.2, 0.25) is 5.91 Å². The second-order valence-corrected chi connectivity index (χ2v) is 5.40. The number of nitrogens with zero attached hydrogens (tertiary/aromatic N) is 2. The van der Waals surface area contributed by atoms with E-state index >= 15 is 0 Å². The average Bonchev–Trinajstić information content (AvgIpc) is 2.85. The van der Waals surface area contributed by atoms with Gasteiger partial charge in [-0.3, -0.25) is 4.79 Å². The number of benzene rings is 1. The molecule has 1 unspecified atom stereocenters. The highest BCUT2D eigenvalue weighted by molar-refractivity contribution is 5.79. The van der Waals surface area contributed by atoms with Crippen molar-refractivity contribution in [3.63, 3.8) is 0 Å². The van der Waals surface area contributed by atoms with Crippen LogP contribution in [0.5, 0.6) is 5.75 Å². The van der Waals surface area contributed by atoms with E-state index in [9.17, 15) is 4.79 Å². The number of hydrogen-bond acceptors (Lipinski definition) is 4. The van der Waals surface area contributed by atoms with Crippen molar-refractivity contribution >= 4 is 5.91 Å². The van der Waals surface area contributed by atoms with Gasteiger partial charge in [0, 0.05) is 18.2 Å². The first-order valence-corrected chi connectivity index (χ1v) is 7.26. The minimum absolute atomic E-state index is 0.0211. The number of rotatable bonds is 5. The van der Waals surface area contributed by atoms with Gasteiger partial charge in [0.15, 0.2) is 0 Å². The first-order valence-electron chi connectivity index (χ1n) is 7.26. The lowest BCUT2D eigenvalue weighted by Gasteiger charge is -2.26. The Labute approximate surface area is 130 Å². The molecule has 0 N–H and O–H groups in total. The van der Waals surface area contributed by atoms with Crippen LogP contribution in [0, 0.1) is 13.8 Å². The van der Waals surface area contributed by atoms with E-state index < -0.39 is 0 Å². The fourth-order valence-electron chi connectivity index (χ4n) is 2.47. The Bertz CT molecular complexity index is 644. The summed E-state index contributed by atoms with van der Waals surface area (Å²) in [6.07, 6.45) is 0.289. The fourth-order valence-corrected chi connectivity index (χ4v) is 2.47. The minimum atomic E-state index is -0.0795. The number of aryl methyl sites for hydroxylation is 2. The third-order valence-corrected chi connectivity index (χ3v) is 4.07. The molecule has 1 atom stereocenters. The zero-order valence-electron chi connectivity index (χ0n) is 13.7. The molecule has 1 aromatic carbocycles. The highest BCUT2D eigenvalue weighted by Gasteiger charge is 2.22. The number of likely N-dealkylation sites (N-methyl/N-ethyl adjacent to an activating group) is 1. The summed E-state index contributed by atoms with van der Waals surface area (Å²) in [7, 11) is 3.44. The fraction of sp³-hybridized carbons (Fsp3) is 0.412. The van der Waals surface area contributed by atoms with Gasteiger partial charge in [0.05, 0.1) is 25.3 Å². The Balaban J connectivity index is 2.16. The first kappa shape index (κ1) is 16.1. The average molecular weight is 302 g/mol. The van der Waals surface area contributed by atoms with E-state index in [2.05, 4.69) is 5.16 Å². The molecule has 0 saturated heterocycles. The highest BCUT2D eigenvalue weighted by atomic mass is 16.5. The zero-order valence-corrected chi connectivity index (χ0v) is 13.7. The standard InChI is InChI=1S/C17H22N2O3/c1-11-15(13(3)22-18-11)10-17(20)19(4)12(2)14-8-6-7-9-16(14)21-5/h6-9,12H,10H2,1-5H3. The lowest BCUT2D eigenvalue weighted by atomic mass is 10.0. The molecule has 0 aliphatic carbocycles. The van der Waals surface area contributed by atoms with E-state index in [-0.39, 0.29) is 18.4 Å². The van der Waals surface area contributed by atoms with Crippen molar-refractivity contribution in [3.8, 4) is 5.75 Å². The summed E-state index contributed by atoms with van der Waals surface area (Å²) in [5.74, 6) is 1.50. The SMILES string of the molecule is COc1ccccc1C(C)N(C)C(=O)Cc1c(C)noc1C. The molecule has 0 bridgehead atoms. The molecular formula is C17H22N2O3. The maximum atomic E-state index is 12.5. The van der Waals surface area contributed by atoms with Crippen LogP contribution >= 0.6 is 0 Å². The second kappa shape index (κ2) is 6.64. The zero-order chi connectivity index (χ0) is 16.3. The van der Waals surface area contributed by atoms with Crippen molar-refractivity contribution in [1.29, 1.82) is 0 Å². The molecule has 0 radical (unpaired) electrons. The van der Waals surface area contributed by atoms with E-state index in [1.807, 2.05) is 45.0 Å². The molecule has 5 nitrogen and oxygen atoms in total. The number of carbonyl (C=O) groups is 1. The molecule has 1 heterocycles. The number of aromatic nitrogens is 1. The maximum absolute atomic E-state index is 12.5. The maximum Gasteiger partial charge on any atom is 0.227 e. The largest absolute Gasteiger partial charge is 0.496 e. The molecule has 0 saturated carbocycles. The summed E-state index contributed by atoms with van der Waals surface area (Å²) >= 11 is 0. The van der Waals surface area contributed by atoms with Crippen molar-refractivity contribution in [1.82, 2.24) is 10.1 Å². The Morgan fingerprint density at radius 2 is 2.05 bits per heavy atom. The molecule has 5 heteroatoms. The molecule has 0 aliphatic rings. The van der Waals surface area contributed by atoms with Gasteiger partial charge in [-0.25, -0.2) is 0 Å². The Morgan fingerprint density at radius 1 is 1.36 bits per heavy atom. The predicted molar refractivity (Wildman–Crippen MR) is 83.9 cm³/mol. The highest BCUT2D eigenvalue weighted by Crippen LogP contribution is 2.28. The van der Waals surface area contributed by atoms with Gasteiger partial charge in [-0.15, -0.1) is 0 Å². The number of para-hydroxylation sites is 1. The molecule has 0 spiro atoms. The van der Waals surface area contributed by atoms with Crippen molar-refractivity contribution in [2.45, 2.75) is 33.2 Å². The van der Waals surface area contributed by atoms with Crippen LogP contribution < -0.4 is 4.74 Å². The molecule has 2 rings (SSSR count). The summed E-state index contributed by atoms with van der Waals surface area (Å²) in [5, 5.41) is 3.89. The third-order valence-electron chi connectivity index (χ3n) is 4.07. The summed E-state index contributed by atoms with van der Waals surface area (Å²) in [5.41, 5.74) is 2.62. The molecule has 1 amide bonds. The van der Waals surface area contributed by atoms with E-state index in [4.69, 9.17) is 9.26 Å². The molecule has 2 aromatic rings. The lowest BCUT2D eigenvalue weighted by Crippen LogP contribution is -2.31. The first-order chi connectivity index (χ1) is 10.5. The molecule has 118 valence electrons. The third kappa shape index (κ3) is 3.13. The summed E-state index contributed by atoms with van der Waals surface area (Å²) < 4.78 is 10.5. The van der Waals surface area contributed by atoms with Gasteiger partial charge in [-0.05, 0) is 26.8 Å². The Hall–Kier alpha value is -2.30. The molecule has 1 aromatic heterocycles. The summed E-state index contributed by atoms with van der Waals surface area (Å²) in [4.78, 5) is 14.3. The van der Waals surface area contributed by atoms with Gasteiger partial charge < -0.3 is 14.2 Å². The van der Waals surface area contributed by atoms with E-state index in [1.54, 1.807) is 19.1 Å².